The quantitative estimate of drug-likeness (QED) is 0.172. The van der Waals surface area contributed by atoms with Gasteiger partial charge in [-0.15, -0.1) is 0 Å². The molecule has 27 heteroatoms. The van der Waals surface area contributed by atoms with Crippen molar-refractivity contribution in [2.45, 2.75) is 50.8 Å². The lowest BCUT2D eigenvalue weighted by atomic mass is 10.1. The maximum Gasteiger partial charge on any atom is 0.516 e. The summed E-state index contributed by atoms with van der Waals surface area (Å²) in [4.78, 5) is 23.0. The van der Waals surface area contributed by atoms with Crippen LogP contribution in [0.5, 0.6) is 0 Å². The number of alkyl halides is 15. The highest BCUT2D eigenvalue weighted by atomic mass is 32.2. The molecule has 3 rings (SSSR count). The molecule has 4 N–H and O–H groups in total. The average Bonchev–Trinajstić information content (AvgIpc) is 2.99. The van der Waals surface area contributed by atoms with Crippen molar-refractivity contribution >= 4 is 49.0 Å². The molecule has 0 aliphatic carbocycles. The Morgan fingerprint density at radius 3 is 1.15 bits per heavy atom. The summed E-state index contributed by atoms with van der Waals surface area (Å²) < 4.78 is 234. The fourth-order valence-corrected chi connectivity index (χ4v) is 4.49. The van der Waals surface area contributed by atoms with Crippen LogP contribution in [-0.2, 0) is 38.6 Å². The lowest BCUT2D eigenvalue weighted by Gasteiger charge is -2.16. The van der Waals surface area contributed by atoms with Crippen LogP contribution in [0.2, 0.25) is 0 Å². The van der Waals surface area contributed by atoms with Crippen molar-refractivity contribution in [1.82, 2.24) is 0 Å². The van der Waals surface area contributed by atoms with Gasteiger partial charge in [-0.25, -0.2) is 4.79 Å². The topological polar surface area (TPSA) is 159 Å². The minimum absolute atomic E-state index is 0. The third-order valence-corrected chi connectivity index (χ3v) is 7.93. The van der Waals surface area contributed by atoms with Gasteiger partial charge in [0.05, 0.1) is 39.2 Å². The second-order valence-electron chi connectivity index (χ2n) is 9.45. The van der Waals surface area contributed by atoms with Crippen LogP contribution in [-0.4, -0.2) is 44.8 Å². The highest BCUT2D eigenvalue weighted by Crippen LogP contribution is 2.36. The largest absolute Gasteiger partial charge is 0.516 e. The molecule has 0 saturated carbocycles. The maximum absolute atomic E-state index is 12.9. The van der Waals surface area contributed by atoms with E-state index in [2.05, 4.69) is 0 Å². The number of carbonyl (C=O) groups is 2. The molecule has 0 heterocycles. The first-order valence-electron chi connectivity index (χ1n) is 13.5. The van der Waals surface area contributed by atoms with E-state index in [9.17, 15) is 92.3 Å². The summed E-state index contributed by atoms with van der Waals surface area (Å²) in [5.74, 6) is -3.28. The lowest BCUT2D eigenvalue weighted by Crippen LogP contribution is -2.31. The van der Waals surface area contributed by atoms with Crippen molar-refractivity contribution in [3.05, 3.63) is 88.5 Å². The van der Waals surface area contributed by atoms with Crippen molar-refractivity contribution in [2.75, 3.05) is 14.8 Å². The number of aromatic carboxylic acids is 1. The van der Waals surface area contributed by atoms with Gasteiger partial charge < -0.3 is 10.4 Å². The fourth-order valence-electron chi connectivity index (χ4n) is 3.34. The zero-order valence-corrected chi connectivity index (χ0v) is 27.8. The molecule has 3 aromatic carbocycles. The number of sulfonamides is 2. The van der Waals surface area contributed by atoms with Gasteiger partial charge >= 0.3 is 55.6 Å². The highest BCUT2D eigenvalue weighted by Gasteiger charge is 2.48. The van der Waals surface area contributed by atoms with Crippen molar-refractivity contribution in [1.29, 1.82) is 0 Å². The van der Waals surface area contributed by atoms with E-state index in [-0.39, 0.29) is 25.2 Å². The standard InChI is InChI=1S/C16H9F9N2O3S.C9H5F6NO4S.C2H6.CH4/c17-14(18,19)8-1-4-10(5-2-8)26-13(28)11-6-3-9(15(20,21)22)7-12(11)27-31(29,30)16(23,24)25;10-8(11,12)4-1-2-5(7(17)18)6(3-4)16-21(19,20)9(13,14)15;1-2;/h1-7,27H,(H,26,28);1-3,16H,(H,17,18);1-2H3;1H4. The Labute approximate surface area is 300 Å². The molecular weight excluding hydrogens is 839 g/mol. The third-order valence-electron chi connectivity index (χ3n) is 5.74. The minimum atomic E-state index is -6.19. The first kappa shape index (κ1) is 50.1. The van der Waals surface area contributed by atoms with Crippen molar-refractivity contribution < 1.29 is 97.4 Å². The molecule has 10 nitrogen and oxygen atoms in total. The van der Waals surface area contributed by atoms with E-state index in [1.807, 2.05) is 19.2 Å². The van der Waals surface area contributed by atoms with Crippen molar-refractivity contribution in [3.8, 4) is 0 Å². The van der Waals surface area contributed by atoms with Crippen LogP contribution in [0.25, 0.3) is 0 Å². The third kappa shape index (κ3) is 13.7. The Kier molecular flexibility index (Phi) is 16.1. The minimum Gasteiger partial charge on any atom is -0.478 e. The first-order chi connectivity index (χ1) is 24.2. The molecule has 310 valence electrons. The van der Waals surface area contributed by atoms with E-state index in [1.54, 1.807) is 0 Å². The molecule has 0 aliphatic heterocycles. The molecule has 1 amide bonds. The number of anilines is 3. The smallest absolute Gasteiger partial charge is 0.478 e. The molecule has 0 saturated heterocycles. The molecule has 0 radical (unpaired) electrons. The summed E-state index contributed by atoms with van der Waals surface area (Å²) in [6, 6.07) is 4.01. The predicted molar refractivity (Wildman–Crippen MR) is 165 cm³/mol. The highest BCUT2D eigenvalue weighted by molar-refractivity contribution is 7.93. The molecule has 3 aromatic rings. The summed E-state index contributed by atoms with van der Waals surface area (Å²) >= 11 is 0. The predicted octanol–water partition coefficient (Wildman–Crippen LogP) is 9.57. The Hall–Kier alpha value is -4.95. The van der Waals surface area contributed by atoms with E-state index in [0.717, 1.165) is 21.6 Å². The van der Waals surface area contributed by atoms with Crippen LogP contribution in [0.15, 0.2) is 60.7 Å². The van der Waals surface area contributed by atoms with E-state index >= 15 is 0 Å². The molecular formula is C28H24F15N3O7S2. The first-order valence-corrected chi connectivity index (χ1v) is 16.5. The molecule has 0 unspecified atom stereocenters. The second kappa shape index (κ2) is 17.7. The van der Waals surface area contributed by atoms with Gasteiger partial charge in [0.2, 0.25) is 0 Å². The van der Waals surface area contributed by atoms with Gasteiger partial charge in [0, 0.05) is 5.69 Å². The van der Waals surface area contributed by atoms with Gasteiger partial charge in [0.15, 0.2) is 0 Å². The number of amides is 1. The van der Waals surface area contributed by atoms with Gasteiger partial charge in [-0.3, -0.25) is 14.2 Å². The van der Waals surface area contributed by atoms with Crippen LogP contribution >= 0.6 is 0 Å². The van der Waals surface area contributed by atoms with Gasteiger partial charge in [0.1, 0.15) is 0 Å². The zero-order valence-electron chi connectivity index (χ0n) is 26.2. The Morgan fingerprint density at radius 1 is 0.527 bits per heavy atom. The molecule has 55 heavy (non-hydrogen) atoms. The number of carboxylic acids is 1. The van der Waals surface area contributed by atoms with Crippen molar-refractivity contribution in [2.24, 2.45) is 0 Å². The lowest BCUT2D eigenvalue weighted by molar-refractivity contribution is -0.138. The van der Waals surface area contributed by atoms with E-state index in [1.165, 1.54) is 0 Å². The number of halogens is 15. The number of hydrogen-bond acceptors (Lipinski definition) is 6. The summed E-state index contributed by atoms with van der Waals surface area (Å²) in [5.41, 5.74) is -20.8. The monoisotopic (exact) mass is 863 g/mol. The normalized spacial score (nSPS) is 12.5. The summed E-state index contributed by atoms with van der Waals surface area (Å²) in [6.45, 7) is 4.00. The number of carboxylic acid groups (broad SMARTS) is 1. The number of nitrogens with one attached hydrogen (secondary N) is 3. The number of carbonyl (C=O) groups excluding carboxylic acids is 1. The van der Waals surface area contributed by atoms with E-state index < -0.39 is 101 Å². The van der Waals surface area contributed by atoms with Crippen LogP contribution in [0, 0.1) is 0 Å². The van der Waals surface area contributed by atoms with Crippen LogP contribution in [0.4, 0.5) is 82.9 Å². The van der Waals surface area contributed by atoms with Gasteiger partial charge in [-0.05, 0) is 60.7 Å². The summed E-state index contributed by atoms with van der Waals surface area (Å²) in [6.07, 6.45) is -14.8. The summed E-state index contributed by atoms with van der Waals surface area (Å²) in [5, 5.41) is 10.6. The van der Waals surface area contributed by atoms with E-state index in [4.69, 9.17) is 5.11 Å². The maximum atomic E-state index is 12.9. The van der Waals surface area contributed by atoms with E-state index in [0.29, 0.717) is 36.4 Å². The Balaban J connectivity index is 0.00000106. The van der Waals surface area contributed by atoms with Gasteiger partial charge in [-0.2, -0.15) is 82.7 Å². The molecule has 0 bridgehead atoms. The number of benzene rings is 3. The average molecular weight is 864 g/mol. The molecule has 0 aromatic heterocycles. The summed E-state index contributed by atoms with van der Waals surface area (Å²) in [7, 11) is -12.2. The zero-order chi connectivity index (χ0) is 42.5. The molecule has 0 atom stereocenters. The molecule has 0 fully saturated rings. The Bertz CT molecular complexity index is 2030. The second-order valence-corrected chi connectivity index (χ2v) is 12.8. The number of hydrogen-bond donors (Lipinski definition) is 4. The molecule has 0 spiro atoms. The molecule has 0 aliphatic rings. The van der Waals surface area contributed by atoms with Gasteiger partial charge in [-0.1, -0.05) is 21.3 Å². The van der Waals surface area contributed by atoms with Crippen molar-refractivity contribution in [3.63, 3.8) is 0 Å². The van der Waals surface area contributed by atoms with Crippen LogP contribution in [0.3, 0.4) is 0 Å². The van der Waals surface area contributed by atoms with Crippen LogP contribution in [0.1, 0.15) is 58.7 Å². The number of rotatable bonds is 7. The van der Waals surface area contributed by atoms with Gasteiger partial charge in [0.25, 0.3) is 5.91 Å². The van der Waals surface area contributed by atoms with Crippen LogP contribution < -0.4 is 14.8 Å². The SMILES string of the molecule is C.CC.O=C(Nc1ccc(C(F)(F)F)cc1)c1ccc(C(F)(F)F)cc1NS(=O)(=O)C(F)(F)F.O=C(O)c1ccc(C(F)(F)F)cc1NS(=O)(=O)C(F)(F)F. The fraction of sp³-hybridized carbons (Fsp3) is 0.286. The Morgan fingerprint density at radius 2 is 0.836 bits per heavy atom.